The number of rotatable bonds is 7. The summed E-state index contributed by atoms with van der Waals surface area (Å²) in [7, 11) is 0. The van der Waals surface area contributed by atoms with E-state index in [4.69, 9.17) is 13.9 Å². The van der Waals surface area contributed by atoms with E-state index in [0.717, 1.165) is 17.4 Å². The van der Waals surface area contributed by atoms with Crippen LogP contribution in [0, 0.1) is 0 Å². The van der Waals surface area contributed by atoms with Crippen molar-refractivity contribution in [3.63, 3.8) is 0 Å². The van der Waals surface area contributed by atoms with E-state index in [-0.39, 0.29) is 11.6 Å². The fourth-order valence-corrected chi connectivity index (χ4v) is 2.23. The maximum atomic E-state index is 11.5. The summed E-state index contributed by atoms with van der Waals surface area (Å²) in [5.41, 5.74) is 1.12. The van der Waals surface area contributed by atoms with Gasteiger partial charge in [0.2, 0.25) is 0 Å². The van der Waals surface area contributed by atoms with Crippen LogP contribution in [0.15, 0.2) is 33.5 Å². The van der Waals surface area contributed by atoms with E-state index in [1.54, 1.807) is 13.0 Å². The molecule has 22 heavy (non-hydrogen) atoms. The maximum Gasteiger partial charge on any atom is 0.336 e. The number of hydrogen-bond donors (Lipinski definition) is 0. The zero-order valence-corrected chi connectivity index (χ0v) is 12.9. The number of esters is 1. The van der Waals surface area contributed by atoms with Gasteiger partial charge in [-0.05, 0) is 37.5 Å². The van der Waals surface area contributed by atoms with Gasteiger partial charge >= 0.3 is 11.6 Å². The molecule has 0 saturated heterocycles. The van der Waals surface area contributed by atoms with Gasteiger partial charge in [-0.1, -0.05) is 6.92 Å². The Balaban J connectivity index is 2.01. The van der Waals surface area contributed by atoms with Gasteiger partial charge in [-0.2, -0.15) is 0 Å². The van der Waals surface area contributed by atoms with Gasteiger partial charge in [0.25, 0.3) is 0 Å². The highest BCUT2D eigenvalue weighted by molar-refractivity contribution is 5.81. The molecule has 118 valence electrons. The third-order valence-corrected chi connectivity index (χ3v) is 3.28. The SMILES string of the molecule is CCOC(=O)CCCOc1ccc2c(CC)cc(=O)oc2c1. The molecule has 0 amide bonds. The molecule has 1 aromatic carbocycles. The first-order chi connectivity index (χ1) is 10.6. The number of fused-ring (bicyclic) bond motifs is 1. The molecule has 0 bridgehead atoms. The van der Waals surface area contributed by atoms with E-state index in [1.165, 1.54) is 6.07 Å². The Labute approximate surface area is 128 Å². The van der Waals surface area contributed by atoms with Crippen molar-refractivity contribution in [1.82, 2.24) is 0 Å². The summed E-state index contributed by atoms with van der Waals surface area (Å²) in [6.45, 7) is 4.57. The van der Waals surface area contributed by atoms with E-state index < -0.39 is 0 Å². The van der Waals surface area contributed by atoms with Gasteiger partial charge in [-0.25, -0.2) is 4.79 Å². The molecule has 0 atom stereocenters. The van der Waals surface area contributed by atoms with E-state index in [2.05, 4.69) is 0 Å². The lowest BCUT2D eigenvalue weighted by molar-refractivity contribution is -0.143. The Morgan fingerprint density at radius 3 is 2.77 bits per heavy atom. The van der Waals surface area contributed by atoms with Crippen LogP contribution in [0.3, 0.4) is 0 Å². The van der Waals surface area contributed by atoms with Crippen LogP contribution in [-0.2, 0) is 16.0 Å². The van der Waals surface area contributed by atoms with Gasteiger partial charge in [-0.3, -0.25) is 4.79 Å². The lowest BCUT2D eigenvalue weighted by atomic mass is 10.1. The molecule has 0 N–H and O–H groups in total. The molecule has 0 unspecified atom stereocenters. The molecular weight excluding hydrogens is 284 g/mol. The monoisotopic (exact) mass is 304 g/mol. The van der Waals surface area contributed by atoms with Crippen molar-refractivity contribution in [1.29, 1.82) is 0 Å². The third kappa shape index (κ3) is 4.10. The molecule has 5 heteroatoms. The maximum absolute atomic E-state index is 11.5. The molecule has 0 fully saturated rings. The molecule has 0 aliphatic rings. The van der Waals surface area contributed by atoms with Crippen LogP contribution in [0.25, 0.3) is 11.0 Å². The molecule has 1 heterocycles. The molecule has 5 nitrogen and oxygen atoms in total. The lowest BCUT2D eigenvalue weighted by Gasteiger charge is -2.08. The summed E-state index contributed by atoms with van der Waals surface area (Å²) >= 11 is 0. The predicted octanol–water partition coefficient (Wildman–Crippen LogP) is 3.08. The highest BCUT2D eigenvalue weighted by Crippen LogP contribution is 2.23. The van der Waals surface area contributed by atoms with Crippen molar-refractivity contribution in [2.45, 2.75) is 33.1 Å². The lowest BCUT2D eigenvalue weighted by Crippen LogP contribution is -2.06. The normalized spacial score (nSPS) is 10.6. The minimum absolute atomic E-state index is 0.219. The average Bonchev–Trinajstić information content (AvgIpc) is 2.50. The van der Waals surface area contributed by atoms with Crippen molar-refractivity contribution in [3.8, 4) is 5.75 Å². The summed E-state index contributed by atoms with van der Waals surface area (Å²) in [6.07, 6.45) is 1.67. The first-order valence-electron chi connectivity index (χ1n) is 7.49. The summed E-state index contributed by atoms with van der Waals surface area (Å²) in [4.78, 5) is 22.7. The number of carbonyl (C=O) groups is 1. The van der Waals surface area contributed by atoms with Crippen LogP contribution in [0.2, 0.25) is 0 Å². The van der Waals surface area contributed by atoms with Crippen molar-refractivity contribution < 1.29 is 18.7 Å². The Hall–Kier alpha value is -2.30. The zero-order valence-electron chi connectivity index (χ0n) is 12.9. The summed E-state index contributed by atoms with van der Waals surface area (Å²) in [5.74, 6) is 0.399. The number of hydrogen-bond acceptors (Lipinski definition) is 5. The molecule has 0 radical (unpaired) electrons. The molecule has 2 rings (SSSR count). The van der Waals surface area contributed by atoms with Crippen LogP contribution in [0.4, 0.5) is 0 Å². The summed E-state index contributed by atoms with van der Waals surface area (Å²) in [5, 5.41) is 0.918. The minimum atomic E-state index is -0.358. The van der Waals surface area contributed by atoms with Gasteiger partial charge in [0, 0.05) is 23.9 Å². The molecule has 0 saturated carbocycles. The fraction of sp³-hybridized carbons (Fsp3) is 0.412. The van der Waals surface area contributed by atoms with Crippen molar-refractivity contribution in [3.05, 3.63) is 40.2 Å². The zero-order chi connectivity index (χ0) is 15.9. The van der Waals surface area contributed by atoms with Crippen LogP contribution < -0.4 is 10.4 Å². The molecule has 0 spiro atoms. The summed E-state index contributed by atoms with van der Waals surface area (Å²) in [6, 6.07) is 6.95. The van der Waals surface area contributed by atoms with Gasteiger partial charge in [0.15, 0.2) is 0 Å². The number of benzene rings is 1. The topological polar surface area (TPSA) is 65.7 Å². The van der Waals surface area contributed by atoms with Crippen molar-refractivity contribution in [2.24, 2.45) is 0 Å². The minimum Gasteiger partial charge on any atom is -0.493 e. The van der Waals surface area contributed by atoms with Crippen molar-refractivity contribution >= 4 is 16.9 Å². The fourth-order valence-electron chi connectivity index (χ4n) is 2.23. The quantitative estimate of drug-likeness (QED) is 0.447. The van der Waals surface area contributed by atoms with E-state index in [9.17, 15) is 9.59 Å². The van der Waals surface area contributed by atoms with E-state index in [0.29, 0.717) is 37.4 Å². The van der Waals surface area contributed by atoms with Gasteiger partial charge in [0.05, 0.1) is 13.2 Å². The first kappa shape index (κ1) is 16.1. The standard InChI is InChI=1S/C17H20O5/c1-3-12-10-17(19)22-15-11-13(7-8-14(12)15)21-9-5-6-16(18)20-4-2/h7-8,10-11H,3-6,9H2,1-2H3. The van der Waals surface area contributed by atoms with Crippen molar-refractivity contribution in [2.75, 3.05) is 13.2 Å². The Bertz CT molecular complexity index is 702. The Morgan fingerprint density at radius 1 is 1.23 bits per heavy atom. The third-order valence-electron chi connectivity index (χ3n) is 3.28. The highest BCUT2D eigenvalue weighted by Gasteiger charge is 2.06. The second-order valence-corrected chi connectivity index (χ2v) is 4.86. The van der Waals surface area contributed by atoms with E-state index in [1.807, 2.05) is 19.1 Å². The summed E-state index contributed by atoms with van der Waals surface area (Å²) < 4.78 is 15.6. The Morgan fingerprint density at radius 2 is 2.05 bits per heavy atom. The average molecular weight is 304 g/mol. The molecule has 1 aromatic heterocycles. The molecular formula is C17H20O5. The van der Waals surface area contributed by atoms with Gasteiger partial charge in [0.1, 0.15) is 11.3 Å². The number of ether oxygens (including phenoxy) is 2. The van der Waals surface area contributed by atoms with Gasteiger partial charge in [-0.15, -0.1) is 0 Å². The van der Waals surface area contributed by atoms with Crippen LogP contribution >= 0.6 is 0 Å². The number of aryl methyl sites for hydroxylation is 1. The first-order valence-corrected chi connectivity index (χ1v) is 7.49. The predicted molar refractivity (Wildman–Crippen MR) is 83.2 cm³/mol. The molecule has 2 aromatic rings. The van der Waals surface area contributed by atoms with Crippen LogP contribution in [-0.4, -0.2) is 19.2 Å². The molecule has 0 aliphatic heterocycles. The Kier molecular flexibility index (Phi) is 5.58. The molecule has 0 aliphatic carbocycles. The van der Waals surface area contributed by atoms with Crippen LogP contribution in [0.5, 0.6) is 5.75 Å². The second kappa shape index (κ2) is 7.64. The van der Waals surface area contributed by atoms with Crippen LogP contribution in [0.1, 0.15) is 32.3 Å². The number of carbonyl (C=O) groups excluding carboxylic acids is 1. The second-order valence-electron chi connectivity index (χ2n) is 4.86. The highest BCUT2D eigenvalue weighted by atomic mass is 16.5. The smallest absolute Gasteiger partial charge is 0.336 e. The largest absolute Gasteiger partial charge is 0.493 e. The van der Waals surface area contributed by atoms with E-state index >= 15 is 0 Å². The van der Waals surface area contributed by atoms with Gasteiger partial charge < -0.3 is 13.9 Å².